The molecule has 0 saturated heterocycles. The molecule has 0 amide bonds. The van der Waals surface area contributed by atoms with Gasteiger partial charge in [0, 0.05) is 24.9 Å². The monoisotopic (exact) mass is 233 g/mol. The molecule has 1 rings (SSSR count). The molecule has 1 unspecified atom stereocenters. The van der Waals surface area contributed by atoms with E-state index in [1.54, 1.807) is 13.2 Å². The van der Waals surface area contributed by atoms with E-state index in [1.165, 1.54) is 0 Å². The highest BCUT2D eigenvalue weighted by Gasteiger charge is 2.17. The summed E-state index contributed by atoms with van der Waals surface area (Å²) in [5.74, 6) is 0.552. The van der Waals surface area contributed by atoms with Crippen LogP contribution in [0.15, 0.2) is 61.1 Å². The maximum atomic E-state index is 10.0. The highest BCUT2D eigenvalue weighted by molar-refractivity contribution is 5.37. The Morgan fingerprint density at radius 2 is 2.06 bits per heavy atom. The highest BCUT2D eigenvalue weighted by Crippen LogP contribution is 2.19. The van der Waals surface area contributed by atoms with Crippen LogP contribution in [0.3, 0.4) is 0 Å². The van der Waals surface area contributed by atoms with Gasteiger partial charge in [-0.05, 0) is 6.08 Å². The number of methoxy groups -OCH3 is 1. The van der Waals surface area contributed by atoms with Crippen LogP contribution in [0.25, 0.3) is 0 Å². The zero-order chi connectivity index (χ0) is 12.7. The number of aliphatic hydroxyl groups is 1. The van der Waals surface area contributed by atoms with Gasteiger partial charge in [-0.25, -0.2) is 0 Å². The van der Waals surface area contributed by atoms with Gasteiger partial charge in [0.2, 0.25) is 0 Å². The van der Waals surface area contributed by atoms with Crippen molar-refractivity contribution >= 4 is 0 Å². The third-order valence-electron chi connectivity index (χ3n) is 2.43. The summed E-state index contributed by atoms with van der Waals surface area (Å²) in [6, 6.07) is 0. The molecule has 0 bridgehead atoms. The summed E-state index contributed by atoms with van der Waals surface area (Å²) >= 11 is 0. The smallest absolute Gasteiger partial charge is 0.137 e. The van der Waals surface area contributed by atoms with Crippen LogP contribution in [-0.2, 0) is 4.74 Å². The van der Waals surface area contributed by atoms with Gasteiger partial charge in [-0.15, -0.1) is 13.2 Å². The van der Waals surface area contributed by atoms with Gasteiger partial charge in [-0.1, -0.05) is 24.3 Å². The van der Waals surface area contributed by atoms with Crippen LogP contribution >= 0.6 is 0 Å². The fourth-order valence-electron chi connectivity index (χ4n) is 1.62. The minimum Gasteiger partial charge on any atom is -0.498 e. The van der Waals surface area contributed by atoms with Gasteiger partial charge in [0.05, 0.1) is 7.11 Å². The standard InChI is InChI=1S/C14H19NO2/c1-4-9-15(10-5-2)11-12-7-6-8-13(17-3)14(12)16/h4-8,11,14,16H,1-2,9-10H2,3H3/b12-11+. The summed E-state index contributed by atoms with van der Waals surface area (Å²) in [6.07, 6.45) is 10.3. The van der Waals surface area contributed by atoms with Crippen molar-refractivity contribution in [1.29, 1.82) is 0 Å². The normalized spacial score (nSPS) is 20.9. The first kappa shape index (κ1) is 13.3. The first-order chi connectivity index (χ1) is 8.22. The van der Waals surface area contributed by atoms with E-state index >= 15 is 0 Å². The van der Waals surface area contributed by atoms with E-state index in [2.05, 4.69) is 13.2 Å². The van der Waals surface area contributed by atoms with E-state index in [9.17, 15) is 5.11 Å². The molecule has 1 atom stereocenters. The van der Waals surface area contributed by atoms with E-state index in [4.69, 9.17) is 4.74 Å². The Balaban J connectivity index is 2.83. The van der Waals surface area contributed by atoms with Crippen molar-refractivity contribution in [3.05, 3.63) is 61.1 Å². The minimum atomic E-state index is -0.706. The molecule has 0 saturated carbocycles. The molecule has 0 aromatic carbocycles. The molecule has 1 aliphatic rings. The zero-order valence-electron chi connectivity index (χ0n) is 10.2. The molecule has 92 valence electrons. The van der Waals surface area contributed by atoms with E-state index in [0.717, 1.165) is 5.57 Å². The molecule has 0 spiro atoms. The van der Waals surface area contributed by atoms with Crippen molar-refractivity contribution in [1.82, 2.24) is 4.90 Å². The van der Waals surface area contributed by atoms with E-state index < -0.39 is 6.10 Å². The Kier molecular flexibility index (Phi) is 5.30. The van der Waals surface area contributed by atoms with Crippen LogP contribution in [0, 0.1) is 0 Å². The molecule has 0 heterocycles. The number of ether oxygens (including phenoxy) is 1. The SMILES string of the molecule is C=CCN(/C=C1\C=CC=C(OC)C1O)CC=C. The molecule has 0 aliphatic heterocycles. The topological polar surface area (TPSA) is 32.7 Å². The lowest BCUT2D eigenvalue weighted by Crippen LogP contribution is -2.22. The fourth-order valence-corrected chi connectivity index (χ4v) is 1.62. The van der Waals surface area contributed by atoms with E-state index in [0.29, 0.717) is 18.8 Å². The molecular weight excluding hydrogens is 214 g/mol. The Bertz CT molecular complexity index is 356. The lowest BCUT2D eigenvalue weighted by molar-refractivity contribution is 0.152. The summed E-state index contributed by atoms with van der Waals surface area (Å²) < 4.78 is 5.10. The Hall–Kier alpha value is -1.74. The number of allylic oxidation sites excluding steroid dienone is 2. The van der Waals surface area contributed by atoms with Gasteiger partial charge in [-0.3, -0.25) is 0 Å². The van der Waals surface area contributed by atoms with Crippen molar-refractivity contribution < 1.29 is 9.84 Å². The van der Waals surface area contributed by atoms with Gasteiger partial charge in [-0.2, -0.15) is 0 Å². The van der Waals surface area contributed by atoms with E-state index in [1.807, 2.05) is 35.4 Å². The number of rotatable bonds is 6. The summed E-state index contributed by atoms with van der Waals surface area (Å²) in [6.45, 7) is 8.83. The van der Waals surface area contributed by atoms with E-state index in [-0.39, 0.29) is 0 Å². The maximum Gasteiger partial charge on any atom is 0.137 e. The van der Waals surface area contributed by atoms with Crippen LogP contribution in [0.1, 0.15) is 0 Å². The van der Waals surface area contributed by atoms with Crippen LogP contribution in [0.4, 0.5) is 0 Å². The molecule has 0 radical (unpaired) electrons. The van der Waals surface area contributed by atoms with Crippen LogP contribution in [0.2, 0.25) is 0 Å². The molecule has 1 N–H and O–H groups in total. The highest BCUT2D eigenvalue weighted by atomic mass is 16.5. The summed E-state index contributed by atoms with van der Waals surface area (Å²) in [4.78, 5) is 2.02. The van der Waals surface area contributed by atoms with Crippen LogP contribution in [-0.4, -0.2) is 36.3 Å². The largest absolute Gasteiger partial charge is 0.498 e. The third-order valence-corrected chi connectivity index (χ3v) is 2.43. The Labute approximate surface area is 103 Å². The second-order valence-corrected chi connectivity index (χ2v) is 3.70. The Morgan fingerprint density at radius 3 is 2.59 bits per heavy atom. The second kappa shape index (κ2) is 6.76. The molecule has 0 aromatic rings. The summed E-state index contributed by atoms with van der Waals surface area (Å²) in [7, 11) is 1.55. The molecule has 0 fully saturated rings. The first-order valence-corrected chi connectivity index (χ1v) is 5.50. The van der Waals surface area contributed by atoms with Crippen LogP contribution in [0.5, 0.6) is 0 Å². The predicted molar refractivity (Wildman–Crippen MR) is 70.3 cm³/mol. The van der Waals surface area contributed by atoms with Crippen molar-refractivity contribution in [2.45, 2.75) is 6.10 Å². The maximum absolute atomic E-state index is 10.0. The average molecular weight is 233 g/mol. The summed E-state index contributed by atoms with van der Waals surface area (Å²) in [5, 5.41) is 10.0. The molecule has 1 aliphatic carbocycles. The van der Waals surface area contributed by atoms with Crippen LogP contribution < -0.4 is 0 Å². The lowest BCUT2D eigenvalue weighted by atomic mass is 10.0. The molecule has 3 heteroatoms. The summed E-state index contributed by atoms with van der Waals surface area (Å²) in [5.41, 5.74) is 0.799. The third kappa shape index (κ3) is 3.64. The minimum absolute atomic E-state index is 0.552. The molecule has 17 heavy (non-hydrogen) atoms. The second-order valence-electron chi connectivity index (χ2n) is 3.70. The van der Waals surface area contributed by atoms with Gasteiger partial charge >= 0.3 is 0 Å². The molecule has 3 nitrogen and oxygen atoms in total. The van der Waals surface area contributed by atoms with Crippen molar-refractivity contribution in [3.8, 4) is 0 Å². The fraction of sp³-hybridized carbons (Fsp3) is 0.286. The Morgan fingerprint density at radius 1 is 1.41 bits per heavy atom. The van der Waals surface area contributed by atoms with Gasteiger partial charge in [0.25, 0.3) is 0 Å². The molecule has 0 aromatic heterocycles. The quantitative estimate of drug-likeness (QED) is 0.712. The molecular formula is C14H19NO2. The first-order valence-electron chi connectivity index (χ1n) is 5.50. The number of hydrogen-bond acceptors (Lipinski definition) is 3. The van der Waals surface area contributed by atoms with Gasteiger partial charge in [0.15, 0.2) is 0 Å². The average Bonchev–Trinajstić information content (AvgIpc) is 2.32. The van der Waals surface area contributed by atoms with Crippen molar-refractivity contribution in [3.63, 3.8) is 0 Å². The number of hydrogen-bond donors (Lipinski definition) is 1. The van der Waals surface area contributed by atoms with Crippen molar-refractivity contribution in [2.24, 2.45) is 0 Å². The zero-order valence-corrected chi connectivity index (χ0v) is 10.2. The number of aliphatic hydroxyl groups excluding tert-OH is 1. The van der Waals surface area contributed by atoms with Gasteiger partial charge < -0.3 is 14.7 Å². The van der Waals surface area contributed by atoms with Crippen molar-refractivity contribution in [2.75, 3.05) is 20.2 Å². The number of nitrogens with zero attached hydrogens (tertiary/aromatic N) is 1. The lowest BCUT2D eigenvalue weighted by Gasteiger charge is -2.22. The predicted octanol–water partition coefficient (Wildman–Crippen LogP) is 2.01. The van der Waals surface area contributed by atoms with Gasteiger partial charge in [0.1, 0.15) is 11.9 Å².